The molecule has 1 amide bonds. The fourth-order valence-corrected chi connectivity index (χ4v) is 2.95. The van der Waals surface area contributed by atoms with Gasteiger partial charge in [-0.3, -0.25) is 4.79 Å². The van der Waals surface area contributed by atoms with Gasteiger partial charge < -0.3 is 10.1 Å². The van der Waals surface area contributed by atoms with Crippen molar-refractivity contribution in [1.82, 2.24) is 15.1 Å². The second-order valence-electron chi connectivity index (χ2n) is 6.67. The minimum atomic E-state index is -0.147. The molecule has 1 fully saturated rings. The van der Waals surface area contributed by atoms with Crippen molar-refractivity contribution in [2.24, 2.45) is 0 Å². The van der Waals surface area contributed by atoms with Crippen LogP contribution < -0.4 is 5.32 Å². The van der Waals surface area contributed by atoms with E-state index >= 15 is 0 Å². The van der Waals surface area contributed by atoms with Gasteiger partial charge in [-0.05, 0) is 49.4 Å². The third kappa shape index (κ3) is 3.67. The number of nitrogens with one attached hydrogen (secondary N) is 1. The quantitative estimate of drug-likeness (QED) is 0.917. The van der Waals surface area contributed by atoms with Gasteiger partial charge in [-0.1, -0.05) is 26.0 Å². The molecule has 1 aromatic carbocycles. The normalized spacial score (nSPS) is 17.4. The Balaban J connectivity index is 1.70. The van der Waals surface area contributed by atoms with Crippen LogP contribution in [-0.2, 0) is 4.74 Å². The molecule has 0 aliphatic carbocycles. The molecule has 1 aliphatic rings. The van der Waals surface area contributed by atoms with Crippen molar-refractivity contribution in [3.8, 4) is 5.69 Å². The second-order valence-corrected chi connectivity index (χ2v) is 6.67. The molecular formula is C19H25N3O2. The van der Waals surface area contributed by atoms with E-state index in [0.29, 0.717) is 18.2 Å². The van der Waals surface area contributed by atoms with Crippen molar-refractivity contribution >= 4 is 5.91 Å². The summed E-state index contributed by atoms with van der Waals surface area (Å²) in [5.74, 6) is 0.350. The molecule has 0 spiro atoms. The molecule has 1 atom stereocenters. The summed E-state index contributed by atoms with van der Waals surface area (Å²) >= 11 is 0. The Labute approximate surface area is 143 Å². The van der Waals surface area contributed by atoms with Crippen LogP contribution in [0.4, 0.5) is 0 Å². The Kier molecular flexibility index (Phi) is 5.00. The first-order valence-corrected chi connectivity index (χ1v) is 8.61. The standard InChI is InChI=1S/C19H25N3O2/c1-13(2)15-6-8-16(9-7-15)22-14(3)11-18(21-22)19(23)20-12-17-5-4-10-24-17/h6-9,11,13,17H,4-5,10,12H2,1-3H3,(H,20,23). The Morgan fingerprint density at radius 2 is 2.12 bits per heavy atom. The van der Waals surface area contributed by atoms with Gasteiger partial charge in [-0.25, -0.2) is 4.68 Å². The molecule has 0 bridgehead atoms. The summed E-state index contributed by atoms with van der Waals surface area (Å²) in [5.41, 5.74) is 3.64. The minimum Gasteiger partial charge on any atom is -0.376 e. The topological polar surface area (TPSA) is 56.1 Å². The lowest BCUT2D eigenvalue weighted by Gasteiger charge is -2.09. The number of rotatable bonds is 5. The first kappa shape index (κ1) is 16.7. The molecule has 5 heteroatoms. The van der Waals surface area contributed by atoms with Crippen molar-refractivity contribution in [3.05, 3.63) is 47.3 Å². The summed E-state index contributed by atoms with van der Waals surface area (Å²) in [7, 11) is 0. The van der Waals surface area contributed by atoms with E-state index in [1.165, 1.54) is 5.56 Å². The number of carbonyl (C=O) groups is 1. The average molecular weight is 327 g/mol. The molecule has 128 valence electrons. The van der Waals surface area contributed by atoms with Gasteiger partial charge in [-0.15, -0.1) is 0 Å². The van der Waals surface area contributed by atoms with Gasteiger partial charge in [0.25, 0.3) is 5.91 Å². The molecule has 5 nitrogen and oxygen atoms in total. The van der Waals surface area contributed by atoms with Crippen molar-refractivity contribution in [1.29, 1.82) is 0 Å². The van der Waals surface area contributed by atoms with Gasteiger partial charge in [0, 0.05) is 18.8 Å². The predicted molar refractivity (Wildman–Crippen MR) is 93.7 cm³/mol. The highest BCUT2D eigenvalue weighted by Crippen LogP contribution is 2.18. The summed E-state index contributed by atoms with van der Waals surface area (Å²) in [4.78, 5) is 12.3. The lowest BCUT2D eigenvalue weighted by atomic mass is 10.0. The van der Waals surface area contributed by atoms with E-state index in [0.717, 1.165) is 30.8 Å². The summed E-state index contributed by atoms with van der Waals surface area (Å²) in [6, 6.07) is 10.1. The van der Waals surface area contributed by atoms with E-state index in [2.05, 4.69) is 36.4 Å². The molecule has 2 aromatic rings. The fraction of sp³-hybridized carbons (Fsp3) is 0.474. The van der Waals surface area contributed by atoms with Gasteiger partial charge in [0.1, 0.15) is 0 Å². The molecule has 1 unspecified atom stereocenters. The summed E-state index contributed by atoms with van der Waals surface area (Å²) in [6.45, 7) is 7.64. The zero-order valence-corrected chi connectivity index (χ0v) is 14.6. The Morgan fingerprint density at radius 1 is 1.38 bits per heavy atom. The minimum absolute atomic E-state index is 0.140. The van der Waals surface area contributed by atoms with Gasteiger partial charge in [0.05, 0.1) is 11.8 Å². The number of benzene rings is 1. The fourth-order valence-electron chi connectivity index (χ4n) is 2.95. The molecule has 2 heterocycles. The van der Waals surface area contributed by atoms with E-state index in [9.17, 15) is 4.79 Å². The van der Waals surface area contributed by atoms with E-state index < -0.39 is 0 Å². The second kappa shape index (κ2) is 7.18. The number of carbonyl (C=O) groups excluding carboxylic acids is 1. The van der Waals surface area contributed by atoms with Crippen LogP contribution >= 0.6 is 0 Å². The van der Waals surface area contributed by atoms with Gasteiger partial charge >= 0.3 is 0 Å². The third-order valence-electron chi connectivity index (χ3n) is 4.44. The largest absolute Gasteiger partial charge is 0.376 e. The molecule has 1 saturated heterocycles. The maximum absolute atomic E-state index is 12.3. The zero-order chi connectivity index (χ0) is 17.1. The highest BCUT2D eigenvalue weighted by molar-refractivity contribution is 5.92. The number of aryl methyl sites for hydroxylation is 1. The number of hydrogen-bond donors (Lipinski definition) is 1. The van der Waals surface area contributed by atoms with Crippen molar-refractivity contribution in [2.45, 2.75) is 45.6 Å². The van der Waals surface area contributed by atoms with Crippen LogP contribution in [0.25, 0.3) is 5.69 Å². The van der Waals surface area contributed by atoms with Gasteiger partial charge in [0.2, 0.25) is 0 Å². The van der Waals surface area contributed by atoms with Gasteiger partial charge in [0.15, 0.2) is 5.69 Å². The predicted octanol–water partition coefficient (Wildman–Crippen LogP) is 3.21. The SMILES string of the molecule is Cc1cc(C(=O)NCC2CCCO2)nn1-c1ccc(C(C)C)cc1. The van der Waals surface area contributed by atoms with Crippen molar-refractivity contribution in [2.75, 3.05) is 13.2 Å². The first-order chi connectivity index (χ1) is 11.5. The maximum atomic E-state index is 12.3. The maximum Gasteiger partial charge on any atom is 0.271 e. The number of aromatic nitrogens is 2. The molecule has 0 saturated carbocycles. The molecule has 24 heavy (non-hydrogen) atoms. The van der Waals surface area contributed by atoms with E-state index in [4.69, 9.17) is 4.74 Å². The van der Waals surface area contributed by atoms with Crippen LogP contribution in [0, 0.1) is 6.92 Å². The van der Waals surface area contributed by atoms with Crippen LogP contribution in [0.5, 0.6) is 0 Å². The Morgan fingerprint density at radius 3 is 2.75 bits per heavy atom. The van der Waals surface area contributed by atoms with Crippen molar-refractivity contribution < 1.29 is 9.53 Å². The molecule has 1 aromatic heterocycles. The van der Waals surface area contributed by atoms with E-state index in [-0.39, 0.29) is 12.0 Å². The third-order valence-corrected chi connectivity index (χ3v) is 4.44. The van der Waals surface area contributed by atoms with E-state index in [1.807, 2.05) is 29.8 Å². The summed E-state index contributed by atoms with van der Waals surface area (Å²) in [5, 5.41) is 7.38. The smallest absolute Gasteiger partial charge is 0.271 e. The van der Waals surface area contributed by atoms with Crippen molar-refractivity contribution in [3.63, 3.8) is 0 Å². The summed E-state index contributed by atoms with van der Waals surface area (Å²) < 4.78 is 7.34. The lowest BCUT2D eigenvalue weighted by molar-refractivity contribution is 0.0853. The highest BCUT2D eigenvalue weighted by Gasteiger charge is 2.18. The molecule has 3 rings (SSSR count). The number of amides is 1. The monoisotopic (exact) mass is 327 g/mol. The van der Waals surface area contributed by atoms with Gasteiger partial charge in [-0.2, -0.15) is 5.10 Å². The Hall–Kier alpha value is -2.14. The van der Waals surface area contributed by atoms with E-state index in [1.54, 1.807) is 0 Å². The summed E-state index contributed by atoms with van der Waals surface area (Å²) in [6.07, 6.45) is 2.22. The highest BCUT2D eigenvalue weighted by atomic mass is 16.5. The number of ether oxygens (including phenoxy) is 1. The Bertz CT molecular complexity index is 698. The van der Waals surface area contributed by atoms with Crippen LogP contribution in [0.15, 0.2) is 30.3 Å². The molecule has 1 N–H and O–H groups in total. The molecular weight excluding hydrogens is 302 g/mol. The first-order valence-electron chi connectivity index (χ1n) is 8.61. The average Bonchev–Trinajstić information content (AvgIpc) is 3.22. The molecule has 0 radical (unpaired) electrons. The van der Waals surface area contributed by atoms with Crippen LogP contribution in [0.1, 0.15) is 54.4 Å². The lowest BCUT2D eigenvalue weighted by Crippen LogP contribution is -2.32. The number of nitrogens with zero attached hydrogens (tertiary/aromatic N) is 2. The van der Waals surface area contributed by atoms with Crippen LogP contribution in [0.2, 0.25) is 0 Å². The number of hydrogen-bond acceptors (Lipinski definition) is 3. The van der Waals surface area contributed by atoms with Crippen LogP contribution in [0.3, 0.4) is 0 Å². The zero-order valence-electron chi connectivity index (χ0n) is 14.6. The molecule has 1 aliphatic heterocycles. The van der Waals surface area contributed by atoms with Crippen LogP contribution in [-0.4, -0.2) is 34.9 Å².